The summed E-state index contributed by atoms with van der Waals surface area (Å²) in [6.45, 7) is 8.07. The van der Waals surface area contributed by atoms with Gasteiger partial charge in [-0.15, -0.1) is 0 Å². The maximum absolute atomic E-state index is 14.6. The van der Waals surface area contributed by atoms with Gasteiger partial charge in [-0.2, -0.15) is 0 Å². The summed E-state index contributed by atoms with van der Waals surface area (Å²) in [5.74, 6) is 0.0268. The SMILES string of the molecule is CC1(C)OB(c2ccc(OC[C@H](N)Cc3ccccc3)cc2F)OC1(C)C. The van der Waals surface area contributed by atoms with Crippen molar-refractivity contribution in [1.29, 1.82) is 0 Å². The van der Waals surface area contributed by atoms with Gasteiger partial charge in [-0.05, 0) is 45.7 Å². The van der Waals surface area contributed by atoms with Gasteiger partial charge in [-0.3, -0.25) is 0 Å². The van der Waals surface area contributed by atoms with Crippen molar-refractivity contribution in [3.63, 3.8) is 0 Å². The van der Waals surface area contributed by atoms with E-state index in [2.05, 4.69) is 0 Å². The second kappa shape index (κ2) is 7.62. The minimum absolute atomic E-state index is 0.168. The molecule has 4 nitrogen and oxygen atoms in total. The van der Waals surface area contributed by atoms with Crippen LogP contribution >= 0.6 is 0 Å². The second-order valence-electron chi connectivity index (χ2n) is 8.03. The smallest absolute Gasteiger partial charge is 0.492 e. The number of hydrogen-bond donors (Lipinski definition) is 1. The Hall–Kier alpha value is -1.89. The third kappa shape index (κ3) is 4.51. The standard InChI is InChI=1S/C21H27BFNO3/c1-20(2)21(3,4)27-22(26-20)18-11-10-17(13-19(18)23)25-14-16(24)12-15-8-6-5-7-9-15/h5-11,13,16H,12,14,24H2,1-4H3/t16-/m1/s1. The Balaban J connectivity index is 1.60. The fourth-order valence-corrected chi connectivity index (χ4v) is 2.94. The van der Waals surface area contributed by atoms with Crippen molar-refractivity contribution in [1.82, 2.24) is 0 Å². The van der Waals surface area contributed by atoms with Crippen molar-refractivity contribution in [2.24, 2.45) is 5.73 Å². The quantitative estimate of drug-likeness (QED) is 0.793. The minimum Gasteiger partial charge on any atom is -0.492 e. The summed E-state index contributed by atoms with van der Waals surface area (Å²) in [4.78, 5) is 0. The van der Waals surface area contributed by atoms with E-state index in [4.69, 9.17) is 19.8 Å². The Labute approximate surface area is 161 Å². The molecule has 2 N–H and O–H groups in total. The summed E-state index contributed by atoms with van der Waals surface area (Å²) >= 11 is 0. The van der Waals surface area contributed by atoms with E-state index in [-0.39, 0.29) is 6.04 Å². The molecule has 0 saturated carbocycles. The molecular formula is C21H27BFNO3. The van der Waals surface area contributed by atoms with Crippen LogP contribution in [0.4, 0.5) is 4.39 Å². The molecule has 2 aromatic carbocycles. The Morgan fingerprint density at radius 2 is 1.67 bits per heavy atom. The van der Waals surface area contributed by atoms with Gasteiger partial charge in [-0.1, -0.05) is 36.4 Å². The number of ether oxygens (including phenoxy) is 1. The van der Waals surface area contributed by atoms with Gasteiger partial charge in [0.15, 0.2) is 0 Å². The van der Waals surface area contributed by atoms with Gasteiger partial charge in [0.1, 0.15) is 18.2 Å². The zero-order valence-corrected chi connectivity index (χ0v) is 16.4. The maximum atomic E-state index is 14.6. The largest absolute Gasteiger partial charge is 0.497 e. The molecule has 0 spiro atoms. The molecular weight excluding hydrogens is 344 g/mol. The molecule has 0 aliphatic carbocycles. The van der Waals surface area contributed by atoms with Crippen LogP contribution < -0.4 is 15.9 Å². The van der Waals surface area contributed by atoms with E-state index >= 15 is 0 Å². The summed E-state index contributed by atoms with van der Waals surface area (Å²) in [5, 5.41) is 0. The Morgan fingerprint density at radius 3 is 2.26 bits per heavy atom. The van der Waals surface area contributed by atoms with Gasteiger partial charge in [-0.25, -0.2) is 4.39 Å². The van der Waals surface area contributed by atoms with Gasteiger partial charge < -0.3 is 19.8 Å². The first kappa shape index (κ1) is 19.9. The highest BCUT2D eigenvalue weighted by molar-refractivity contribution is 6.62. The molecule has 0 unspecified atom stereocenters. The van der Waals surface area contributed by atoms with Crippen molar-refractivity contribution in [2.75, 3.05) is 6.61 Å². The van der Waals surface area contributed by atoms with Crippen molar-refractivity contribution < 1.29 is 18.4 Å². The fourth-order valence-electron chi connectivity index (χ4n) is 2.94. The molecule has 1 aliphatic rings. The number of nitrogens with two attached hydrogens (primary N) is 1. The molecule has 0 aromatic heterocycles. The van der Waals surface area contributed by atoms with E-state index in [1.807, 2.05) is 58.0 Å². The summed E-state index contributed by atoms with van der Waals surface area (Å²) < 4.78 is 32.1. The molecule has 3 rings (SSSR count). The molecule has 1 saturated heterocycles. The van der Waals surface area contributed by atoms with E-state index in [1.54, 1.807) is 12.1 Å². The third-order valence-electron chi connectivity index (χ3n) is 5.28. The molecule has 1 aliphatic heterocycles. The monoisotopic (exact) mass is 371 g/mol. The summed E-state index contributed by atoms with van der Waals surface area (Å²) in [5.41, 5.74) is 6.62. The van der Waals surface area contributed by atoms with E-state index in [1.165, 1.54) is 6.07 Å². The van der Waals surface area contributed by atoms with Crippen LogP contribution in [0.5, 0.6) is 5.75 Å². The van der Waals surface area contributed by atoms with Crippen molar-refractivity contribution in [3.8, 4) is 5.75 Å². The van der Waals surface area contributed by atoms with E-state index < -0.39 is 24.1 Å². The Morgan fingerprint density at radius 1 is 1.04 bits per heavy atom. The molecule has 0 amide bonds. The van der Waals surface area contributed by atoms with Crippen LogP contribution in [0.1, 0.15) is 33.3 Å². The molecule has 0 bridgehead atoms. The maximum Gasteiger partial charge on any atom is 0.497 e. The number of hydrogen-bond acceptors (Lipinski definition) is 4. The first-order valence-corrected chi connectivity index (χ1v) is 9.25. The molecule has 144 valence electrons. The van der Waals surface area contributed by atoms with Gasteiger partial charge in [0, 0.05) is 17.6 Å². The second-order valence-corrected chi connectivity index (χ2v) is 8.03. The lowest BCUT2D eigenvalue weighted by atomic mass is 9.78. The summed E-state index contributed by atoms with van der Waals surface area (Å²) in [7, 11) is -0.732. The number of benzene rings is 2. The normalized spacial score (nSPS) is 19.1. The highest BCUT2D eigenvalue weighted by Gasteiger charge is 2.52. The summed E-state index contributed by atoms with van der Waals surface area (Å²) in [6, 6.07) is 14.5. The van der Waals surface area contributed by atoms with E-state index in [9.17, 15) is 4.39 Å². The lowest BCUT2D eigenvalue weighted by Crippen LogP contribution is -2.41. The number of rotatable bonds is 6. The zero-order valence-electron chi connectivity index (χ0n) is 16.4. The van der Waals surface area contributed by atoms with Gasteiger partial charge in [0.2, 0.25) is 0 Å². The molecule has 1 fully saturated rings. The summed E-state index contributed by atoms with van der Waals surface area (Å²) in [6.07, 6.45) is 0.704. The van der Waals surface area contributed by atoms with Gasteiger partial charge in [0.05, 0.1) is 11.2 Å². The first-order chi connectivity index (χ1) is 12.7. The molecule has 0 radical (unpaired) electrons. The van der Waals surface area contributed by atoms with Crippen LogP contribution in [-0.2, 0) is 15.7 Å². The average Bonchev–Trinajstić information content (AvgIpc) is 2.81. The highest BCUT2D eigenvalue weighted by Crippen LogP contribution is 2.36. The van der Waals surface area contributed by atoms with E-state index in [0.717, 1.165) is 5.56 Å². The van der Waals surface area contributed by atoms with Crippen LogP contribution in [-0.4, -0.2) is 31.0 Å². The highest BCUT2D eigenvalue weighted by atomic mass is 19.1. The fraction of sp³-hybridized carbons (Fsp3) is 0.429. The molecule has 27 heavy (non-hydrogen) atoms. The van der Waals surface area contributed by atoms with Crippen LogP contribution in [0.25, 0.3) is 0 Å². The predicted molar refractivity (Wildman–Crippen MR) is 106 cm³/mol. The molecule has 6 heteroatoms. The lowest BCUT2D eigenvalue weighted by Gasteiger charge is -2.32. The average molecular weight is 371 g/mol. The first-order valence-electron chi connectivity index (χ1n) is 9.25. The molecule has 1 atom stereocenters. The van der Waals surface area contributed by atoms with Gasteiger partial charge >= 0.3 is 7.12 Å². The Kier molecular flexibility index (Phi) is 5.61. The van der Waals surface area contributed by atoms with Crippen LogP contribution in [0.15, 0.2) is 48.5 Å². The third-order valence-corrected chi connectivity index (χ3v) is 5.28. The van der Waals surface area contributed by atoms with Crippen molar-refractivity contribution in [2.45, 2.75) is 51.4 Å². The van der Waals surface area contributed by atoms with Crippen LogP contribution in [0.2, 0.25) is 0 Å². The van der Waals surface area contributed by atoms with Gasteiger partial charge in [0.25, 0.3) is 0 Å². The topological polar surface area (TPSA) is 53.7 Å². The van der Waals surface area contributed by atoms with Crippen LogP contribution in [0, 0.1) is 5.82 Å². The minimum atomic E-state index is -0.732. The molecule has 1 heterocycles. The predicted octanol–water partition coefficient (Wildman–Crippen LogP) is 3.07. The van der Waals surface area contributed by atoms with Crippen molar-refractivity contribution >= 4 is 12.6 Å². The van der Waals surface area contributed by atoms with E-state index in [0.29, 0.717) is 24.2 Å². The lowest BCUT2D eigenvalue weighted by molar-refractivity contribution is 0.00578. The Bertz CT molecular complexity index is 766. The number of halogens is 1. The van der Waals surface area contributed by atoms with Crippen LogP contribution in [0.3, 0.4) is 0 Å². The zero-order chi connectivity index (χ0) is 19.7. The van der Waals surface area contributed by atoms with Crippen molar-refractivity contribution in [3.05, 3.63) is 59.9 Å². The molecule has 2 aromatic rings.